The Balaban J connectivity index is 2.52. The van der Waals surface area contributed by atoms with Gasteiger partial charge >= 0.3 is 0 Å². The van der Waals surface area contributed by atoms with Gasteiger partial charge < -0.3 is 0 Å². The number of rotatable bonds is 4. The van der Waals surface area contributed by atoms with Crippen molar-refractivity contribution in [2.45, 2.75) is 6.92 Å². The summed E-state index contributed by atoms with van der Waals surface area (Å²) in [5, 5.41) is 0. The third kappa shape index (κ3) is 3.03. The summed E-state index contributed by atoms with van der Waals surface area (Å²) in [5.74, 6) is -0.244. The lowest BCUT2D eigenvalue weighted by molar-refractivity contribution is 0.0421. The van der Waals surface area contributed by atoms with E-state index in [1.807, 2.05) is 19.1 Å². The standard InChI is InChI=1S/C11H13NO2/c1-3-8-14-12-11(13)10-6-4-9(2)5-7-10/h3-7H,1,8H2,2H3,(H,12,13). The molecule has 0 bridgehead atoms. The molecule has 0 atom stereocenters. The first-order chi connectivity index (χ1) is 6.74. The lowest BCUT2D eigenvalue weighted by Gasteiger charge is -2.03. The van der Waals surface area contributed by atoms with Crippen LogP contribution in [0.1, 0.15) is 15.9 Å². The van der Waals surface area contributed by atoms with Crippen LogP contribution in [-0.4, -0.2) is 12.5 Å². The highest BCUT2D eigenvalue weighted by Gasteiger charge is 2.03. The molecule has 1 amide bonds. The van der Waals surface area contributed by atoms with Gasteiger partial charge in [0.1, 0.15) is 0 Å². The van der Waals surface area contributed by atoms with Gasteiger partial charge in [0, 0.05) is 5.56 Å². The van der Waals surface area contributed by atoms with Crippen molar-refractivity contribution in [2.24, 2.45) is 0 Å². The zero-order chi connectivity index (χ0) is 10.4. The fourth-order valence-electron chi connectivity index (χ4n) is 0.930. The summed E-state index contributed by atoms with van der Waals surface area (Å²) in [6.07, 6.45) is 1.56. The second-order valence-electron chi connectivity index (χ2n) is 2.90. The maximum Gasteiger partial charge on any atom is 0.274 e. The van der Waals surface area contributed by atoms with Gasteiger partial charge in [0.25, 0.3) is 5.91 Å². The van der Waals surface area contributed by atoms with E-state index in [2.05, 4.69) is 12.1 Å². The average molecular weight is 191 g/mol. The van der Waals surface area contributed by atoms with Crippen LogP contribution in [0.4, 0.5) is 0 Å². The van der Waals surface area contributed by atoms with E-state index >= 15 is 0 Å². The van der Waals surface area contributed by atoms with Gasteiger partial charge in [-0.2, -0.15) is 0 Å². The van der Waals surface area contributed by atoms with Gasteiger partial charge in [-0.3, -0.25) is 9.63 Å². The van der Waals surface area contributed by atoms with E-state index in [0.29, 0.717) is 12.2 Å². The Morgan fingerprint density at radius 3 is 2.71 bits per heavy atom. The number of nitrogens with one attached hydrogen (secondary N) is 1. The van der Waals surface area contributed by atoms with Crippen molar-refractivity contribution < 1.29 is 9.63 Å². The smallest absolute Gasteiger partial charge is 0.269 e. The highest BCUT2D eigenvalue weighted by atomic mass is 16.6. The monoisotopic (exact) mass is 191 g/mol. The number of carbonyl (C=O) groups is 1. The van der Waals surface area contributed by atoms with Crippen LogP contribution < -0.4 is 5.48 Å². The molecule has 0 aliphatic carbocycles. The minimum absolute atomic E-state index is 0.244. The van der Waals surface area contributed by atoms with Gasteiger partial charge in [-0.05, 0) is 19.1 Å². The van der Waals surface area contributed by atoms with E-state index in [4.69, 9.17) is 4.84 Å². The van der Waals surface area contributed by atoms with E-state index in [-0.39, 0.29) is 5.91 Å². The van der Waals surface area contributed by atoms with Crippen LogP contribution in [0.2, 0.25) is 0 Å². The van der Waals surface area contributed by atoms with Gasteiger partial charge in [-0.25, -0.2) is 5.48 Å². The molecule has 0 aromatic heterocycles. The lowest BCUT2D eigenvalue weighted by Crippen LogP contribution is -2.23. The summed E-state index contributed by atoms with van der Waals surface area (Å²) in [4.78, 5) is 16.2. The zero-order valence-corrected chi connectivity index (χ0v) is 8.12. The number of aryl methyl sites for hydroxylation is 1. The van der Waals surface area contributed by atoms with E-state index < -0.39 is 0 Å². The first-order valence-corrected chi connectivity index (χ1v) is 4.33. The Bertz CT molecular complexity index is 317. The Morgan fingerprint density at radius 2 is 2.14 bits per heavy atom. The fourth-order valence-corrected chi connectivity index (χ4v) is 0.930. The Kier molecular flexibility index (Phi) is 3.88. The molecule has 0 saturated carbocycles. The van der Waals surface area contributed by atoms with Crippen LogP contribution in [0, 0.1) is 6.92 Å². The molecule has 0 saturated heterocycles. The molecule has 0 unspecified atom stereocenters. The number of carbonyl (C=O) groups excluding carboxylic acids is 1. The van der Waals surface area contributed by atoms with Crippen LogP contribution in [0.5, 0.6) is 0 Å². The van der Waals surface area contributed by atoms with Crippen LogP contribution >= 0.6 is 0 Å². The van der Waals surface area contributed by atoms with Crippen LogP contribution in [0.15, 0.2) is 36.9 Å². The fraction of sp³-hybridized carbons (Fsp3) is 0.182. The van der Waals surface area contributed by atoms with E-state index in [0.717, 1.165) is 5.56 Å². The molecule has 74 valence electrons. The van der Waals surface area contributed by atoms with Crippen molar-refractivity contribution in [3.8, 4) is 0 Å². The zero-order valence-electron chi connectivity index (χ0n) is 8.12. The summed E-state index contributed by atoms with van der Waals surface area (Å²) in [5.41, 5.74) is 4.01. The van der Waals surface area contributed by atoms with Crippen LogP contribution in [-0.2, 0) is 4.84 Å². The minimum Gasteiger partial charge on any atom is -0.269 e. The number of hydrogen-bond acceptors (Lipinski definition) is 2. The Morgan fingerprint density at radius 1 is 1.50 bits per heavy atom. The van der Waals surface area contributed by atoms with Crippen molar-refractivity contribution in [3.63, 3.8) is 0 Å². The number of benzene rings is 1. The second-order valence-corrected chi connectivity index (χ2v) is 2.90. The molecule has 1 rings (SSSR count). The van der Waals surface area contributed by atoms with Crippen molar-refractivity contribution in [1.29, 1.82) is 0 Å². The topological polar surface area (TPSA) is 38.3 Å². The maximum absolute atomic E-state index is 11.4. The molecule has 14 heavy (non-hydrogen) atoms. The average Bonchev–Trinajstić information content (AvgIpc) is 2.19. The summed E-state index contributed by atoms with van der Waals surface area (Å²) in [6, 6.07) is 7.26. The van der Waals surface area contributed by atoms with Crippen LogP contribution in [0.3, 0.4) is 0 Å². The largest absolute Gasteiger partial charge is 0.274 e. The summed E-state index contributed by atoms with van der Waals surface area (Å²) in [6.45, 7) is 5.74. The molecular formula is C11H13NO2. The van der Waals surface area contributed by atoms with Gasteiger partial charge in [-0.15, -0.1) is 6.58 Å². The number of hydrogen-bond donors (Lipinski definition) is 1. The molecule has 0 heterocycles. The van der Waals surface area contributed by atoms with Gasteiger partial charge in [0.2, 0.25) is 0 Å². The summed E-state index contributed by atoms with van der Waals surface area (Å²) in [7, 11) is 0. The molecular weight excluding hydrogens is 178 g/mol. The molecule has 0 spiro atoms. The van der Waals surface area contributed by atoms with Gasteiger partial charge in [0.05, 0.1) is 6.61 Å². The second kappa shape index (κ2) is 5.19. The Labute approximate surface area is 83.3 Å². The first-order valence-electron chi connectivity index (χ1n) is 4.33. The van der Waals surface area contributed by atoms with Crippen LogP contribution in [0.25, 0.3) is 0 Å². The molecule has 0 aliphatic rings. The quantitative estimate of drug-likeness (QED) is 0.448. The van der Waals surface area contributed by atoms with Crippen molar-refractivity contribution >= 4 is 5.91 Å². The molecule has 1 N–H and O–H groups in total. The van der Waals surface area contributed by atoms with E-state index in [1.165, 1.54) is 0 Å². The molecule has 1 aromatic carbocycles. The third-order valence-electron chi connectivity index (χ3n) is 1.68. The van der Waals surface area contributed by atoms with E-state index in [1.54, 1.807) is 18.2 Å². The van der Waals surface area contributed by atoms with E-state index in [9.17, 15) is 4.79 Å². The lowest BCUT2D eigenvalue weighted by atomic mass is 10.1. The molecule has 0 aliphatic heterocycles. The maximum atomic E-state index is 11.4. The normalized spacial score (nSPS) is 9.50. The van der Waals surface area contributed by atoms with Gasteiger partial charge in [-0.1, -0.05) is 23.8 Å². The predicted molar refractivity (Wildman–Crippen MR) is 54.8 cm³/mol. The molecule has 0 radical (unpaired) electrons. The van der Waals surface area contributed by atoms with Crippen molar-refractivity contribution in [1.82, 2.24) is 5.48 Å². The predicted octanol–water partition coefficient (Wildman–Crippen LogP) is 1.84. The highest BCUT2D eigenvalue weighted by Crippen LogP contribution is 2.02. The molecule has 3 nitrogen and oxygen atoms in total. The summed E-state index contributed by atoms with van der Waals surface area (Å²) >= 11 is 0. The minimum atomic E-state index is -0.244. The third-order valence-corrected chi connectivity index (χ3v) is 1.68. The number of hydroxylamine groups is 1. The number of amides is 1. The highest BCUT2D eigenvalue weighted by molar-refractivity contribution is 5.93. The first kappa shape index (κ1) is 10.5. The summed E-state index contributed by atoms with van der Waals surface area (Å²) < 4.78 is 0. The SMILES string of the molecule is C=CCONC(=O)c1ccc(C)cc1. The Hall–Kier alpha value is -1.61. The molecule has 0 fully saturated rings. The molecule has 1 aromatic rings. The van der Waals surface area contributed by atoms with Crippen molar-refractivity contribution in [3.05, 3.63) is 48.0 Å². The van der Waals surface area contributed by atoms with Gasteiger partial charge in [0.15, 0.2) is 0 Å². The molecule has 3 heteroatoms. The van der Waals surface area contributed by atoms with Crippen molar-refractivity contribution in [2.75, 3.05) is 6.61 Å².